The Bertz CT molecular complexity index is 340. The van der Waals surface area contributed by atoms with E-state index >= 15 is 0 Å². The third-order valence-electron chi connectivity index (χ3n) is 6.48. The van der Waals surface area contributed by atoms with E-state index in [9.17, 15) is 0 Å². The molecule has 0 aromatic heterocycles. The molecule has 1 heteroatoms. The second-order valence-corrected chi connectivity index (χ2v) is 8.56. The highest BCUT2D eigenvalue weighted by molar-refractivity contribution is 7.19. The van der Waals surface area contributed by atoms with Gasteiger partial charge in [-0.25, -0.2) is 0 Å². The molecule has 20 heavy (non-hydrogen) atoms. The molecule has 0 N–H and O–H groups in total. The van der Waals surface area contributed by atoms with E-state index in [4.69, 9.17) is 0 Å². The minimum absolute atomic E-state index is 0.431. The van der Waals surface area contributed by atoms with Crippen molar-refractivity contribution in [1.82, 2.24) is 0 Å². The van der Waals surface area contributed by atoms with Gasteiger partial charge in [0.05, 0.1) is 0 Å². The lowest BCUT2D eigenvalue weighted by molar-refractivity contribution is 0.187. The van der Waals surface area contributed by atoms with Crippen LogP contribution in [-0.4, -0.2) is 5.16 Å². The fourth-order valence-electron chi connectivity index (χ4n) is 4.85. The highest BCUT2D eigenvalue weighted by Gasteiger charge is 2.48. The van der Waals surface area contributed by atoms with Gasteiger partial charge in [-0.15, -0.1) is 9.24 Å². The molecule has 0 aromatic carbocycles. The van der Waals surface area contributed by atoms with E-state index in [0.717, 1.165) is 5.92 Å². The Balaban J connectivity index is 2.38. The van der Waals surface area contributed by atoms with Crippen molar-refractivity contribution in [1.29, 1.82) is 0 Å². The Morgan fingerprint density at radius 3 is 2.50 bits per heavy atom. The summed E-state index contributed by atoms with van der Waals surface area (Å²) >= 11 is 0. The smallest absolute Gasteiger partial charge is 0.000250 e. The van der Waals surface area contributed by atoms with E-state index in [-0.39, 0.29) is 0 Å². The lowest BCUT2D eigenvalue weighted by Gasteiger charge is -2.51. The molecule has 0 heterocycles. The fourth-order valence-corrected chi connectivity index (χ4v) is 5.33. The van der Waals surface area contributed by atoms with Gasteiger partial charge in [0.1, 0.15) is 0 Å². The topological polar surface area (TPSA) is 0 Å². The molecule has 2 aliphatic carbocycles. The van der Waals surface area contributed by atoms with Gasteiger partial charge in [0.25, 0.3) is 0 Å². The maximum absolute atomic E-state index is 3.33. The first kappa shape index (κ1) is 16.5. The van der Waals surface area contributed by atoms with Crippen LogP contribution >= 0.6 is 9.24 Å². The van der Waals surface area contributed by atoms with Crippen LogP contribution in [0.3, 0.4) is 0 Å². The SMILES string of the molecule is CCC(P)(CC)C1(C2=CCCCC2)CCCC(C)CC1. The van der Waals surface area contributed by atoms with Crippen LogP contribution in [0.4, 0.5) is 0 Å². The zero-order valence-corrected chi connectivity index (χ0v) is 15.2. The van der Waals surface area contributed by atoms with E-state index in [1.807, 2.05) is 5.57 Å². The average molecular weight is 294 g/mol. The summed E-state index contributed by atoms with van der Waals surface area (Å²) in [5, 5.41) is 0.431. The normalized spacial score (nSPS) is 32.6. The molecule has 0 aromatic rings. The minimum atomic E-state index is 0.431. The van der Waals surface area contributed by atoms with Crippen LogP contribution in [0.5, 0.6) is 0 Å². The van der Waals surface area contributed by atoms with Crippen molar-refractivity contribution in [2.75, 3.05) is 0 Å². The molecule has 1 saturated carbocycles. The maximum Gasteiger partial charge on any atom is 0.000250 e. The van der Waals surface area contributed by atoms with Crippen LogP contribution in [0.25, 0.3) is 0 Å². The molecule has 3 atom stereocenters. The molecule has 0 saturated heterocycles. The summed E-state index contributed by atoms with van der Waals surface area (Å²) in [6.07, 6.45) is 18.0. The van der Waals surface area contributed by atoms with Crippen LogP contribution in [0.15, 0.2) is 11.6 Å². The van der Waals surface area contributed by atoms with E-state index in [1.54, 1.807) is 0 Å². The maximum atomic E-state index is 3.33. The molecule has 0 nitrogen and oxygen atoms in total. The van der Waals surface area contributed by atoms with E-state index in [2.05, 4.69) is 36.1 Å². The number of hydrogen-bond acceptors (Lipinski definition) is 0. The second kappa shape index (κ2) is 6.95. The third kappa shape index (κ3) is 3.01. The Morgan fingerprint density at radius 1 is 1.15 bits per heavy atom. The van der Waals surface area contributed by atoms with Gasteiger partial charge in [-0.1, -0.05) is 45.3 Å². The largest absolute Gasteiger partial charge is 0.130 e. The predicted octanol–water partition coefficient (Wildman–Crippen LogP) is 6.51. The van der Waals surface area contributed by atoms with Crippen LogP contribution in [0, 0.1) is 11.3 Å². The van der Waals surface area contributed by atoms with Gasteiger partial charge < -0.3 is 0 Å². The molecule has 1 fully saturated rings. The predicted molar refractivity (Wildman–Crippen MR) is 94.3 cm³/mol. The van der Waals surface area contributed by atoms with Crippen molar-refractivity contribution in [2.45, 2.75) is 96.6 Å². The van der Waals surface area contributed by atoms with E-state index in [1.165, 1.54) is 70.6 Å². The summed E-state index contributed by atoms with van der Waals surface area (Å²) in [4.78, 5) is 0. The molecule has 0 aliphatic heterocycles. The van der Waals surface area contributed by atoms with Crippen LogP contribution in [0.1, 0.15) is 91.4 Å². The van der Waals surface area contributed by atoms with Crippen molar-refractivity contribution >= 4 is 9.24 Å². The Kier molecular flexibility index (Phi) is 5.75. The molecule has 3 unspecified atom stereocenters. The summed E-state index contributed by atoms with van der Waals surface area (Å²) in [6, 6.07) is 0. The molecular weight excluding hydrogens is 259 g/mol. The third-order valence-corrected chi connectivity index (χ3v) is 7.85. The molecular formula is C19H35P. The summed E-state index contributed by atoms with van der Waals surface area (Å²) in [5.74, 6) is 0.934. The Hall–Kier alpha value is 0.170. The minimum Gasteiger partial charge on any atom is -0.130 e. The van der Waals surface area contributed by atoms with Gasteiger partial charge in [-0.3, -0.25) is 0 Å². The first-order valence-electron chi connectivity index (χ1n) is 9.06. The summed E-state index contributed by atoms with van der Waals surface area (Å²) < 4.78 is 0. The molecule has 2 rings (SSSR count). The van der Waals surface area contributed by atoms with Crippen LogP contribution in [-0.2, 0) is 0 Å². The van der Waals surface area contributed by atoms with Gasteiger partial charge in [0, 0.05) is 5.41 Å². The quantitative estimate of drug-likeness (QED) is 0.315. The molecule has 2 aliphatic rings. The number of allylic oxidation sites excluding steroid dienone is 2. The van der Waals surface area contributed by atoms with Crippen molar-refractivity contribution in [2.24, 2.45) is 11.3 Å². The number of rotatable bonds is 4. The van der Waals surface area contributed by atoms with Crippen molar-refractivity contribution < 1.29 is 0 Å². The van der Waals surface area contributed by atoms with Gasteiger partial charge in [0.15, 0.2) is 0 Å². The highest BCUT2D eigenvalue weighted by Crippen LogP contribution is 2.58. The zero-order chi connectivity index (χ0) is 14.6. The second-order valence-electron chi connectivity index (χ2n) is 7.46. The zero-order valence-electron chi connectivity index (χ0n) is 14.0. The summed E-state index contributed by atoms with van der Waals surface area (Å²) in [6.45, 7) is 7.29. The first-order valence-corrected chi connectivity index (χ1v) is 9.64. The van der Waals surface area contributed by atoms with Crippen molar-refractivity contribution in [3.63, 3.8) is 0 Å². The Labute approximate surface area is 129 Å². The molecule has 0 radical (unpaired) electrons. The fraction of sp³-hybridized carbons (Fsp3) is 0.895. The van der Waals surface area contributed by atoms with Gasteiger partial charge in [-0.2, -0.15) is 0 Å². The lowest BCUT2D eigenvalue weighted by Crippen LogP contribution is -2.44. The van der Waals surface area contributed by atoms with Crippen molar-refractivity contribution in [3.8, 4) is 0 Å². The van der Waals surface area contributed by atoms with Gasteiger partial charge in [-0.05, 0) is 68.9 Å². The molecule has 0 bridgehead atoms. The van der Waals surface area contributed by atoms with Gasteiger partial charge in [0.2, 0.25) is 0 Å². The lowest BCUT2D eigenvalue weighted by atomic mass is 9.60. The van der Waals surface area contributed by atoms with E-state index in [0.29, 0.717) is 10.6 Å². The summed E-state index contributed by atoms with van der Waals surface area (Å²) in [5.41, 5.74) is 2.34. The van der Waals surface area contributed by atoms with Gasteiger partial charge >= 0.3 is 0 Å². The summed E-state index contributed by atoms with van der Waals surface area (Å²) in [7, 11) is 3.33. The highest BCUT2D eigenvalue weighted by atomic mass is 31.0. The molecule has 0 amide bonds. The Morgan fingerprint density at radius 2 is 1.90 bits per heavy atom. The monoisotopic (exact) mass is 294 g/mol. The van der Waals surface area contributed by atoms with Crippen molar-refractivity contribution in [3.05, 3.63) is 11.6 Å². The standard InChI is InChI=1S/C19H35P/c1-4-19(20,5-2)18(17-11-7-6-8-12-17)14-9-10-16(3)13-15-18/h11,16H,4-10,12-15,20H2,1-3H3. The molecule has 116 valence electrons. The van der Waals surface area contributed by atoms with Crippen LogP contribution < -0.4 is 0 Å². The average Bonchev–Trinajstić information content (AvgIpc) is 2.70. The number of hydrogen-bond donors (Lipinski definition) is 0. The molecule has 0 spiro atoms. The van der Waals surface area contributed by atoms with E-state index < -0.39 is 0 Å². The first-order chi connectivity index (χ1) is 9.58. The van der Waals surface area contributed by atoms with Crippen LogP contribution in [0.2, 0.25) is 0 Å².